The number of rotatable bonds is 7. The molecule has 3 heterocycles. The zero-order valence-corrected chi connectivity index (χ0v) is 16.7. The van der Waals surface area contributed by atoms with Gasteiger partial charge in [-0.2, -0.15) is 0 Å². The third-order valence-electron chi connectivity index (χ3n) is 4.32. The highest BCUT2D eigenvalue weighted by molar-refractivity contribution is 7.99. The molecule has 0 aliphatic carbocycles. The van der Waals surface area contributed by atoms with Crippen molar-refractivity contribution in [3.8, 4) is 11.4 Å². The van der Waals surface area contributed by atoms with Crippen molar-refractivity contribution in [2.24, 2.45) is 0 Å². The molecule has 8 heteroatoms. The minimum absolute atomic E-state index is 0.0872. The molecule has 4 rings (SSSR count). The van der Waals surface area contributed by atoms with E-state index < -0.39 is 0 Å². The van der Waals surface area contributed by atoms with E-state index in [2.05, 4.69) is 27.4 Å². The second kappa shape index (κ2) is 8.74. The number of hydrogen-bond acceptors (Lipinski definition) is 5. The van der Waals surface area contributed by atoms with Gasteiger partial charge in [-0.1, -0.05) is 30.8 Å². The topological polar surface area (TPSA) is 77.6 Å². The van der Waals surface area contributed by atoms with Crippen LogP contribution in [0.15, 0.2) is 78.5 Å². The minimum Gasteiger partial charge on any atom is -0.325 e. The van der Waals surface area contributed by atoms with Crippen molar-refractivity contribution in [2.75, 3.05) is 11.1 Å². The van der Waals surface area contributed by atoms with E-state index in [1.165, 1.54) is 17.3 Å². The number of carbonyl (C=O) groups excluding carboxylic acids is 1. The quantitative estimate of drug-likeness (QED) is 0.475. The summed E-state index contributed by atoms with van der Waals surface area (Å²) in [5, 5.41) is 12.2. The van der Waals surface area contributed by atoms with Crippen LogP contribution in [-0.4, -0.2) is 36.2 Å². The first kappa shape index (κ1) is 18.9. The molecule has 7 nitrogen and oxygen atoms in total. The lowest BCUT2D eigenvalue weighted by atomic mass is 10.1. The summed E-state index contributed by atoms with van der Waals surface area (Å²) >= 11 is 1.34. The maximum absolute atomic E-state index is 12.5. The Kier molecular flexibility index (Phi) is 5.71. The average molecular weight is 404 g/mol. The van der Waals surface area contributed by atoms with Crippen molar-refractivity contribution in [3.63, 3.8) is 0 Å². The van der Waals surface area contributed by atoms with Gasteiger partial charge >= 0.3 is 0 Å². The number of thioether (sulfide) groups is 1. The lowest BCUT2D eigenvalue weighted by Crippen LogP contribution is -2.16. The fourth-order valence-corrected chi connectivity index (χ4v) is 3.63. The molecular weight excluding hydrogens is 384 g/mol. The molecule has 0 radical (unpaired) electrons. The summed E-state index contributed by atoms with van der Waals surface area (Å²) < 4.78 is 3.77. The van der Waals surface area contributed by atoms with Crippen LogP contribution in [0.2, 0.25) is 0 Å². The van der Waals surface area contributed by atoms with E-state index in [1.54, 1.807) is 12.4 Å². The number of carbonyl (C=O) groups is 1. The molecule has 0 bridgehead atoms. The first-order chi connectivity index (χ1) is 14.2. The molecule has 0 unspecified atom stereocenters. The molecule has 0 saturated carbocycles. The van der Waals surface area contributed by atoms with Crippen LogP contribution in [0.3, 0.4) is 0 Å². The fourth-order valence-electron chi connectivity index (χ4n) is 2.90. The van der Waals surface area contributed by atoms with Crippen LogP contribution in [0, 0.1) is 0 Å². The number of aromatic nitrogens is 5. The normalized spacial score (nSPS) is 10.8. The van der Waals surface area contributed by atoms with Crippen LogP contribution in [0.4, 0.5) is 5.69 Å². The highest BCUT2D eigenvalue weighted by atomic mass is 32.2. The highest BCUT2D eigenvalue weighted by Gasteiger charge is 2.17. The molecule has 0 atom stereocenters. The number of nitrogens with one attached hydrogen (secondary N) is 1. The van der Waals surface area contributed by atoms with Gasteiger partial charge in [-0.05, 0) is 48.4 Å². The monoisotopic (exact) mass is 404 g/mol. The van der Waals surface area contributed by atoms with Crippen LogP contribution in [0.25, 0.3) is 11.4 Å². The van der Waals surface area contributed by atoms with Crippen LogP contribution in [0.5, 0.6) is 0 Å². The van der Waals surface area contributed by atoms with E-state index in [9.17, 15) is 4.79 Å². The molecular formula is C21H20N6OS. The Bertz CT molecular complexity index is 1090. The SMILES string of the molecule is CCc1cccc(NC(=O)CSc2nnc(-c3ccncc3)n2-n2cccc2)c1. The summed E-state index contributed by atoms with van der Waals surface area (Å²) in [4.78, 5) is 16.5. The summed E-state index contributed by atoms with van der Waals surface area (Å²) in [6.45, 7) is 2.09. The zero-order valence-electron chi connectivity index (χ0n) is 15.9. The molecule has 0 aliphatic heterocycles. The lowest BCUT2D eigenvalue weighted by molar-refractivity contribution is -0.113. The van der Waals surface area contributed by atoms with E-state index in [-0.39, 0.29) is 11.7 Å². The molecule has 3 aromatic heterocycles. The summed E-state index contributed by atoms with van der Waals surface area (Å²) in [5.41, 5.74) is 2.89. The fraction of sp³-hybridized carbons (Fsp3) is 0.143. The predicted octanol–water partition coefficient (Wildman–Crippen LogP) is 3.75. The van der Waals surface area contributed by atoms with Crippen molar-refractivity contribution >= 4 is 23.4 Å². The molecule has 0 fully saturated rings. The summed E-state index contributed by atoms with van der Waals surface area (Å²) in [7, 11) is 0. The third kappa shape index (κ3) is 4.38. The van der Waals surface area contributed by atoms with Crippen molar-refractivity contribution in [2.45, 2.75) is 18.5 Å². The second-order valence-corrected chi connectivity index (χ2v) is 7.25. The van der Waals surface area contributed by atoms with Gasteiger partial charge in [0.15, 0.2) is 5.82 Å². The number of hydrogen-bond donors (Lipinski definition) is 1. The van der Waals surface area contributed by atoms with Gasteiger partial charge in [-0.3, -0.25) is 14.5 Å². The Labute approximate surface area is 172 Å². The van der Waals surface area contributed by atoms with E-state index in [1.807, 2.05) is 70.3 Å². The molecule has 0 spiro atoms. The molecule has 146 valence electrons. The van der Waals surface area contributed by atoms with Gasteiger partial charge in [0.2, 0.25) is 11.1 Å². The first-order valence-electron chi connectivity index (χ1n) is 9.25. The summed E-state index contributed by atoms with van der Waals surface area (Å²) in [5.74, 6) is 0.824. The standard InChI is InChI=1S/C21H20N6OS/c1-2-16-6-5-7-18(14-16)23-19(28)15-29-21-25-24-20(17-8-10-22-11-9-17)27(21)26-12-3-4-13-26/h3-14H,2,15H2,1H3,(H,23,28). The van der Waals surface area contributed by atoms with Crippen molar-refractivity contribution in [3.05, 3.63) is 78.9 Å². The van der Waals surface area contributed by atoms with Crippen LogP contribution < -0.4 is 5.32 Å². The minimum atomic E-state index is -0.0872. The van der Waals surface area contributed by atoms with Crippen LogP contribution in [-0.2, 0) is 11.2 Å². The number of pyridine rings is 1. The molecule has 1 aromatic carbocycles. The van der Waals surface area contributed by atoms with Crippen LogP contribution in [0.1, 0.15) is 12.5 Å². The summed E-state index contributed by atoms with van der Waals surface area (Å²) in [6.07, 6.45) is 8.18. The van der Waals surface area contributed by atoms with E-state index in [0.717, 1.165) is 17.7 Å². The molecule has 4 aromatic rings. The van der Waals surface area contributed by atoms with Gasteiger partial charge in [-0.25, -0.2) is 4.68 Å². The maximum Gasteiger partial charge on any atom is 0.234 e. The van der Waals surface area contributed by atoms with E-state index >= 15 is 0 Å². The van der Waals surface area contributed by atoms with Gasteiger partial charge in [0.1, 0.15) is 0 Å². The largest absolute Gasteiger partial charge is 0.325 e. The van der Waals surface area contributed by atoms with Gasteiger partial charge in [0.25, 0.3) is 0 Å². The molecule has 1 amide bonds. The molecule has 0 aliphatic rings. The average Bonchev–Trinajstić information content (AvgIpc) is 3.42. The smallest absolute Gasteiger partial charge is 0.234 e. The van der Waals surface area contributed by atoms with Crippen LogP contribution >= 0.6 is 11.8 Å². The number of amides is 1. The maximum atomic E-state index is 12.5. The Morgan fingerprint density at radius 3 is 2.62 bits per heavy atom. The van der Waals surface area contributed by atoms with Crippen molar-refractivity contribution < 1.29 is 4.79 Å². The van der Waals surface area contributed by atoms with E-state index in [4.69, 9.17) is 0 Å². The molecule has 1 N–H and O–H groups in total. The van der Waals surface area contributed by atoms with Crippen molar-refractivity contribution in [1.29, 1.82) is 0 Å². The number of nitrogens with zero attached hydrogens (tertiary/aromatic N) is 5. The Morgan fingerprint density at radius 2 is 1.86 bits per heavy atom. The third-order valence-corrected chi connectivity index (χ3v) is 5.24. The van der Waals surface area contributed by atoms with Gasteiger partial charge in [0, 0.05) is 36.0 Å². The summed E-state index contributed by atoms with van der Waals surface area (Å²) in [6, 6.07) is 15.5. The Morgan fingerprint density at radius 1 is 1.07 bits per heavy atom. The highest BCUT2D eigenvalue weighted by Crippen LogP contribution is 2.24. The lowest BCUT2D eigenvalue weighted by Gasteiger charge is -2.11. The van der Waals surface area contributed by atoms with Gasteiger partial charge < -0.3 is 5.32 Å². The first-order valence-corrected chi connectivity index (χ1v) is 10.2. The Hall–Kier alpha value is -3.39. The Balaban J connectivity index is 1.53. The number of benzene rings is 1. The van der Waals surface area contributed by atoms with Crippen molar-refractivity contribution in [1.82, 2.24) is 24.5 Å². The number of anilines is 1. The molecule has 29 heavy (non-hydrogen) atoms. The molecule has 0 saturated heterocycles. The van der Waals surface area contributed by atoms with Gasteiger partial charge in [0.05, 0.1) is 5.75 Å². The zero-order chi connectivity index (χ0) is 20.1. The van der Waals surface area contributed by atoms with Gasteiger partial charge in [-0.15, -0.1) is 10.2 Å². The second-order valence-electron chi connectivity index (χ2n) is 6.31. The number of aryl methyl sites for hydroxylation is 1. The van der Waals surface area contributed by atoms with E-state index in [0.29, 0.717) is 11.0 Å². The predicted molar refractivity (Wildman–Crippen MR) is 114 cm³/mol.